The molecule has 1 aromatic rings. The molecule has 3 heterocycles. The molecular weight excluding hydrogens is 258 g/mol. The van der Waals surface area contributed by atoms with Crippen molar-refractivity contribution < 1.29 is 0 Å². The van der Waals surface area contributed by atoms with Crippen LogP contribution >= 0.6 is 11.3 Å². The minimum absolute atomic E-state index is 0.118. The van der Waals surface area contributed by atoms with E-state index in [1.54, 1.807) is 17.5 Å². The minimum atomic E-state index is -0.118. The van der Waals surface area contributed by atoms with Crippen molar-refractivity contribution in [2.75, 3.05) is 0 Å². The van der Waals surface area contributed by atoms with Crippen LogP contribution in [0.5, 0.6) is 0 Å². The van der Waals surface area contributed by atoms with Gasteiger partial charge in [0.25, 0.3) is 5.56 Å². The highest BCUT2D eigenvalue weighted by atomic mass is 32.1. The lowest BCUT2D eigenvalue weighted by atomic mass is 10.2. The van der Waals surface area contributed by atoms with E-state index in [4.69, 9.17) is 0 Å². The number of H-pyrrole nitrogens is 2. The fraction of sp³-hybridized carbons (Fsp3) is 0.143. The third-order valence-corrected chi connectivity index (χ3v) is 4.15. The predicted octanol–water partition coefficient (Wildman–Crippen LogP) is 1.07. The molecule has 19 heavy (non-hydrogen) atoms. The number of nitrogens with zero attached hydrogens (tertiary/aromatic N) is 1. The molecule has 0 saturated carbocycles. The Morgan fingerprint density at radius 3 is 3.05 bits per heavy atom. The van der Waals surface area contributed by atoms with Crippen LogP contribution < -0.4 is 16.3 Å². The van der Waals surface area contributed by atoms with Gasteiger partial charge in [-0.15, -0.1) is 11.3 Å². The van der Waals surface area contributed by atoms with Gasteiger partial charge in [0, 0.05) is 21.5 Å². The van der Waals surface area contributed by atoms with E-state index in [2.05, 4.69) is 34.5 Å². The van der Waals surface area contributed by atoms with Crippen molar-refractivity contribution in [3.8, 4) is 11.4 Å². The smallest absolute Gasteiger partial charge is 0.257 e. The first-order chi connectivity index (χ1) is 9.17. The second-order valence-electron chi connectivity index (χ2n) is 4.28. The van der Waals surface area contributed by atoms with E-state index in [-0.39, 0.29) is 5.56 Å². The molecule has 0 saturated heterocycles. The summed E-state index contributed by atoms with van der Waals surface area (Å²) in [6.45, 7) is 5.83. The SMILES string of the molecule is C=c1nc2[nH]c(=O)c(=Cc3ccc(CC)s3)c-2c[nH]1. The van der Waals surface area contributed by atoms with Crippen molar-refractivity contribution in [1.29, 1.82) is 0 Å². The second kappa shape index (κ2) is 4.51. The number of hydrogen-bond acceptors (Lipinski definition) is 3. The summed E-state index contributed by atoms with van der Waals surface area (Å²) in [4.78, 5) is 24.2. The molecule has 0 radical (unpaired) electrons. The Morgan fingerprint density at radius 1 is 1.47 bits per heavy atom. The van der Waals surface area contributed by atoms with Gasteiger partial charge in [-0.1, -0.05) is 13.5 Å². The third kappa shape index (κ3) is 2.13. The number of hydrogen-bond donors (Lipinski definition) is 2. The molecule has 0 spiro atoms. The van der Waals surface area contributed by atoms with Crippen LogP contribution in [0.2, 0.25) is 0 Å². The maximum atomic E-state index is 12.0. The van der Waals surface area contributed by atoms with Gasteiger partial charge in [-0.25, -0.2) is 4.98 Å². The van der Waals surface area contributed by atoms with Crippen LogP contribution in [0.1, 0.15) is 16.7 Å². The molecule has 4 nitrogen and oxygen atoms in total. The molecule has 0 fully saturated rings. The fourth-order valence-corrected chi connectivity index (χ4v) is 2.89. The van der Waals surface area contributed by atoms with Crippen molar-refractivity contribution in [1.82, 2.24) is 15.0 Å². The summed E-state index contributed by atoms with van der Waals surface area (Å²) in [5, 5.41) is 0.642. The molecule has 1 aromatic heterocycles. The fourth-order valence-electron chi connectivity index (χ4n) is 2.00. The molecular formula is C14H13N3OS. The maximum Gasteiger partial charge on any atom is 0.257 e. The second-order valence-corrected chi connectivity index (χ2v) is 5.48. The van der Waals surface area contributed by atoms with Crippen LogP contribution in [-0.4, -0.2) is 15.0 Å². The number of aryl methyl sites for hydroxylation is 1. The van der Waals surface area contributed by atoms with E-state index in [1.165, 1.54) is 4.88 Å². The minimum Gasteiger partial charge on any atom is -0.346 e. The molecule has 2 aliphatic rings. The molecule has 2 aliphatic heterocycles. The third-order valence-electron chi connectivity index (χ3n) is 2.97. The zero-order valence-corrected chi connectivity index (χ0v) is 11.3. The summed E-state index contributed by atoms with van der Waals surface area (Å²) in [6, 6.07) is 4.13. The average Bonchev–Trinajstić information content (AvgIpc) is 2.95. The number of nitrogens with one attached hydrogen (secondary N) is 2. The van der Waals surface area contributed by atoms with Gasteiger partial charge >= 0.3 is 0 Å². The zero-order chi connectivity index (χ0) is 13.4. The monoisotopic (exact) mass is 271 g/mol. The molecule has 0 unspecified atom stereocenters. The zero-order valence-electron chi connectivity index (χ0n) is 10.5. The molecule has 0 bridgehead atoms. The lowest BCUT2D eigenvalue weighted by Crippen LogP contribution is -2.21. The normalized spacial score (nSPS) is 12.4. The van der Waals surface area contributed by atoms with Crippen molar-refractivity contribution in [2.45, 2.75) is 13.3 Å². The Kier molecular flexibility index (Phi) is 2.83. The molecule has 0 amide bonds. The first-order valence-corrected chi connectivity index (χ1v) is 6.86. The first-order valence-electron chi connectivity index (χ1n) is 6.04. The standard InChI is InChI=1S/C14H13N3OS/c1-3-9-4-5-10(19-9)6-11-12-7-15-8(2)16-13(12)17-14(11)18/h4-7,15H,2-3H2,1H3,(H,16,17,18). The van der Waals surface area contributed by atoms with Crippen LogP contribution in [0.25, 0.3) is 24.0 Å². The number of thiophene rings is 1. The number of rotatable bonds is 2. The highest BCUT2D eigenvalue weighted by Gasteiger charge is 2.10. The van der Waals surface area contributed by atoms with Gasteiger partial charge in [-0.3, -0.25) is 4.79 Å². The Balaban J connectivity index is 2.23. The Bertz CT molecular complexity index is 856. The first kappa shape index (κ1) is 11.9. The van der Waals surface area contributed by atoms with Crippen LogP contribution in [0.15, 0.2) is 23.1 Å². The lowest BCUT2D eigenvalue weighted by Gasteiger charge is -1.94. The highest BCUT2D eigenvalue weighted by molar-refractivity contribution is 7.12. The van der Waals surface area contributed by atoms with Gasteiger partial charge in [0.2, 0.25) is 0 Å². The number of fused-ring (bicyclic) bond motifs is 1. The van der Waals surface area contributed by atoms with E-state index < -0.39 is 0 Å². The van der Waals surface area contributed by atoms with Gasteiger partial charge in [0.15, 0.2) is 0 Å². The summed E-state index contributed by atoms with van der Waals surface area (Å²) < 4.78 is 0. The van der Waals surface area contributed by atoms with Crippen molar-refractivity contribution >= 4 is 24.0 Å². The number of aromatic amines is 2. The molecule has 0 aliphatic carbocycles. The van der Waals surface area contributed by atoms with E-state index in [0.29, 0.717) is 16.5 Å². The van der Waals surface area contributed by atoms with Crippen LogP contribution in [0.4, 0.5) is 0 Å². The molecule has 2 N–H and O–H groups in total. The van der Waals surface area contributed by atoms with Gasteiger partial charge in [0.05, 0.1) is 5.22 Å². The van der Waals surface area contributed by atoms with Gasteiger partial charge in [-0.2, -0.15) is 0 Å². The van der Waals surface area contributed by atoms with Crippen molar-refractivity contribution in [3.05, 3.63) is 49.1 Å². The summed E-state index contributed by atoms with van der Waals surface area (Å²) >= 11 is 1.70. The van der Waals surface area contributed by atoms with Crippen LogP contribution in [-0.2, 0) is 6.42 Å². The summed E-state index contributed by atoms with van der Waals surface area (Å²) in [5.41, 5.74) is 1.21. The summed E-state index contributed by atoms with van der Waals surface area (Å²) in [6.07, 6.45) is 4.68. The van der Waals surface area contributed by atoms with Crippen LogP contribution in [0, 0.1) is 0 Å². The Morgan fingerprint density at radius 2 is 2.32 bits per heavy atom. The van der Waals surface area contributed by atoms with Gasteiger partial charge in [0.1, 0.15) is 11.3 Å². The topological polar surface area (TPSA) is 61.5 Å². The van der Waals surface area contributed by atoms with E-state index in [1.807, 2.05) is 12.1 Å². The quantitative estimate of drug-likeness (QED) is 0.732. The summed E-state index contributed by atoms with van der Waals surface area (Å²) in [5.74, 6) is 0.576. The highest BCUT2D eigenvalue weighted by Crippen LogP contribution is 2.17. The van der Waals surface area contributed by atoms with Gasteiger partial charge in [-0.05, 0) is 24.6 Å². The summed E-state index contributed by atoms with van der Waals surface area (Å²) in [7, 11) is 0. The van der Waals surface area contributed by atoms with E-state index >= 15 is 0 Å². The molecule has 0 aromatic carbocycles. The molecule has 0 atom stereocenters. The van der Waals surface area contributed by atoms with Crippen molar-refractivity contribution in [3.63, 3.8) is 0 Å². The molecule has 3 rings (SSSR count). The Labute approximate surface area is 113 Å². The van der Waals surface area contributed by atoms with E-state index in [9.17, 15) is 4.79 Å². The number of aromatic nitrogens is 3. The largest absolute Gasteiger partial charge is 0.346 e. The molecule has 96 valence electrons. The maximum absolute atomic E-state index is 12.0. The Hall–Kier alpha value is -2.14. The van der Waals surface area contributed by atoms with Crippen LogP contribution in [0.3, 0.4) is 0 Å². The average molecular weight is 271 g/mol. The van der Waals surface area contributed by atoms with Gasteiger partial charge < -0.3 is 9.97 Å². The predicted molar refractivity (Wildman–Crippen MR) is 77.9 cm³/mol. The van der Waals surface area contributed by atoms with Crippen molar-refractivity contribution in [2.24, 2.45) is 0 Å². The van der Waals surface area contributed by atoms with E-state index in [0.717, 1.165) is 16.9 Å². The lowest BCUT2D eigenvalue weighted by molar-refractivity contribution is 1.07. The molecule has 5 heteroatoms.